The lowest BCUT2D eigenvalue weighted by molar-refractivity contribution is -0.121. The second kappa shape index (κ2) is 6.77. The van der Waals surface area contributed by atoms with E-state index in [2.05, 4.69) is 15.7 Å². The Morgan fingerprint density at radius 3 is 2.74 bits per heavy atom. The number of nitrogens with two attached hydrogens (primary N) is 1. The first-order valence-corrected chi connectivity index (χ1v) is 6.30. The fourth-order valence-electron chi connectivity index (χ4n) is 1.46. The van der Waals surface area contributed by atoms with Crippen molar-refractivity contribution in [2.45, 2.75) is 32.7 Å². The van der Waals surface area contributed by atoms with Gasteiger partial charge in [-0.05, 0) is 13.3 Å². The van der Waals surface area contributed by atoms with Gasteiger partial charge in [0, 0.05) is 26.1 Å². The maximum atomic E-state index is 11.8. The van der Waals surface area contributed by atoms with E-state index in [0.717, 1.165) is 6.42 Å². The Kier molecular flexibility index (Phi) is 5.35. The van der Waals surface area contributed by atoms with Crippen molar-refractivity contribution in [1.29, 1.82) is 0 Å². The average Bonchev–Trinajstić information content (AvgIpc) is 2.69. The minimum absolute atomic E-state index is 0.0752. The number of rotatable bonds is 6. The Labute approximate surface area is 112 Å². The molecular weight excluding hydrogens is 246 g/mol. The lowest BCUT2D eigenvalue weighted by atomic mass is 10.2. The van der Waals surface area contributed by atoms with E-state index < -0.39 is 0 Å². The molecule has 0 fully saturated rings. The number of carbonyl (C=O) groups is 2. The van der Waals surface area contributed by atoms with Crippen LogP contribution in [-0.4, -0.2) is 34.2 Å². The predicted octanol–water partition coefficient (Wildman–Crippen LogP) is 0.0369. The molecule has 2 amide bonds. The number of amides is 2. The zero-order valence-electron chi connectivity index (χ0n) is 11.6. The summed E-state index contributed by atoms with van der Waals surface area (Å²) in [5, 5.41) is 9.35. The van der Waals surface area contributed by atoms with Gasteiger partial charge in [0.2, 0.25) is 5.91 Å². The van der Waals surface area contributed by atoms with Gasteiger partial charge in [-0.2, -0.15) is 5.10 Å². The van der Waals surface area contributed by atoms with E-state index in [1.165, 1.54) is 10.9 Å². The molecule has 0 aliphatic rings. The number of hydrogen-bond donors (Lipinski definition) is 3. The van der Waals surface area contributed by atoms with Crippen LogP contribution >= 0.6 is 0 Å². The van der Waals surface area contributed by atoms with Crippen LogP contribution in [0.4, 0.5) is 5.82 Å². The molecule has 1 aromatic heterocycles. The second-order valence-electron chi connectivity index (χ2n) is 4.45. The van der Waals surface area contributed by atoms with Crippen molar-refractivity contribution in [2.75, 3.05) is 12.3 Å². The van der Waals surface area contributed by atoms with Gasteiger partial charge in [0.1, 0.15) is 11.4 Å². The van der Waals surface area contributed by atoms with Crippen LogP contribution in [0.3, 0.4) is 0 Å². The first-order chi connectivity index (χ1) is 8.95. The van der Waals surface area contributed by atoms with Gasteiger partial charge < -0.3 is 16.4 Å². The lowest BCUT2D eigenvalue weighted by Crippen LogP contribution is -2.35. The van der Waals surface area contributed by atoms with Crippen LogP contribution < -0.4 is 16.4 Å². The van der Waals surface area contributed by atoms with Gasteiger partial charge in [0.05, 0.1) is 6.20 Å². The van der Waals surface area contributed by atoms with Crippen molar-refractivity contribution in [3.05, 3.63) is 11.8 Å². The Hall–Kier alpha value is -2.05. The average molecular weight is 267 g/mol. The highest BCUT2D eigenvalue weighted by molar-refractivity contribution is 5.98. The molecular formula is C12H21N5O2. The Morgan fingerprint density at radius 2 is 2.21 bits per heavy atom. The Bertz CT molecular complexity index is 455. The number of hydrogen-bond acceptors (Lipinski definition) is 4. The minimum atomic E-state index is -0.318. The molecule has 19 heavy (non-hydrogen) atoms. The van der Waals surface area contributed by atoms with Gasteiger partial charge >= 0.3 is 0 Å². The van der Waals surface area contributed by atoms with Crippen LogP contribution in [0.5, 0.6) is 0 Å². The fourth-order valence-corrected chi connectivity index (χ4v) is 1.46. The van der Waals surface area contributed by atoms with Gasteiger partial charge in [-0.3, -0.25) is 14.3 Å². The standard InChI is InChI=1S/C12H21N5O2/c1-4-8(2)16-10(18)5-6-14-12(19)9-7-15-17(3)11(9)13/h7-8H,4-6,13H2,1-3H3,(H,14,19)(H,16,18). The van der Waals surface area contributed by atoms with Crippen molar-refractivity contribution in [3.63, 3.8) is 0 Å². The summed E-state index contributed by atoms with van der Waals surface area (Å²) < 4.78 is 1.42. The molecule has 106 valence electrons. The van der Waals surface area contributed by atoms with Crippen LogP contribution in [0, 0.1) is 0 Å². The third-order valence-electron chi connectivity index (χ3n) is 2.89. The van der Waals surface area contributed by atoms with E-state index in [4.69, 9.17) is 5.73 Å². The van der Waals surface area contributed by atoms with Crippen LogP contribution in [0.2, 0.25) is 0 Å². The summed E-state index contributed by atoms with van der Waals surface area (Å²) in [5.41, 5.74) is 6.00. The van der Waals surface area contributed by atoms with Crippen molar-refractivity contribution >= 4 is 17.6 Å². The topological polar surface area (TPSA) is 102 Å². The maximum absolute atomic E-state index is 11.8. The highest BCUT2D eigenvalue weighted by Gasteiger charge is 2.13. The third kappa shape index (κ3) is 4.27. The first kappa shape index (κ1) is 15.0. The summed E-state index contributed by atoms with van der Waals surface area (Å²) in [5.74, 6) is -0.0858. The lowest BCUT2D eigenvalue weighted by Gasteiger charge is -2.11. The van der Waals surface area contributed by atoms with Gasteiger partial charge in [-0.1, -0.05) is 6.92 Å². The molecule has 0 aliphatic carbocycles. The molecule has 0 aromatic carbocycles. The zero-order chi connectivity index (χ0) is 14.4. The summed E-state index contributed by atoms with van der Waals surface area (Å²) in [6, 6.07) is 0.150. The first-order valence-electron chi connectivity index (χ1n) is 6.30. The summed E-state index contributed by atoms with van der Waals surface area (Å²) in [7, 11) is 1.66. The van der Waals surface area contributed by atoms with E-state index in [-0.39, 0.29) is 30.8 Å². The maximum Gasteiger partial charge on any atom is 0.256 e. The smallest absolute Gasteiger partial charge is 0.256 e. The van der Waals surface area contributed by atoms with E-state index in [1.807, 2.05) is 13.8 Å². The summed E-state index contributed by atoms with van der Waals surface area (Å²) >= 11 is 0. The highest BCUT2D eigenvalue weighted by atomic mass is 16.2. The van der Waals surface area contributed by atoms with Crippen molar-refractivity contribution in [3.8, 4) is 0 Å². The van der Waals surface area contributed by atoms with Crippen LogP contribution in [0.15, 0.2) is 6.20 Å². The van der Waals surface area contributed by atoms with Crippen molar-refractivity contribution < 1.29 is 9.59 Å². The van der Waals surface area contributed by atoms with Crippen molar-refractivity contribution in [2.24, 2.45) is 7.05 Å². The number of aromatic nitrogens is 2. The van der Waals surface area contributed by atoms with E-state index in [9.17, 15) is 9.59 Å². The monoisotopic (exact) mass is 267 g/mol. The van der Waals surface area contributed by atoms with Gasteiger partial charge in [0.25, 0.3) is 5.91 Å². The second-order valence-corrected chi connectivity index (χ2v) is 4.45. The summed E-state index contributed by atoms with van der Waals surface area (Å²) in [4.78, 5) is 23.3. The molecule has 0 saturated carbocycles. The number of anilines is 1. The molecule has 1 unspecified atom stereocenters. The molecule has 0 saturated heterocycles. The molecule has 1 atom stereocenters. The highest BCUT2D eigenvalue weighted by Crippen LogP contribution is 2.08. The molecule has 1 aromatic rings. The molecule has 1 heterocycles. The number of nitrogens with one attached hydrogen (secondary N) is 2. The molecule has 4 N–H and O–H groups in total. The zero-order valence-corrected chi connectivity index (χ0v) is 11.6. The molecule has 1 rings (SSSR count). The quantitative estimate of drug-likeness (QED) is 0.677. The van der Waals surface area contributed by atoms with Crippen LogP contribution in [-0.2, 0) is 11.8 Å². The molecule has 0 bridgehead atoms. The number of carbonyl (C=O) groups excluding carboxylic acids is 2. The molecule has 0 radical (unpaired) electrons. The number of nitrogens with zero attached hydrogens (tertiary/aromatic N) is 2. The third-order valence-corrected chi connectivity index (χ3v) is 2.89. The van der Waals surface area contributed by atoms with Crippen LogP contribution in [0.25, 0.3) is 0 Å². The SMILES string of the molecule is CCC(C)NC(=O)CCNC(=O)c1cnn(C)c1N. The Balaban J connectivity index is 2.35. The Morgan fingerprint density at radius 1 is 1.53 bits per heavy atom. The molecule has 7 heteroatoms. The van der Waals surface area contributed by atoms with E-state index >= 15 is 0 Å². The number of nitrogen functional groups attached to an aromatic ring is 1. The summed E-state index contributed by atoms with van der Waals surface area (Å²) in [6.45, 7) is 4.21. The number of aryl methyl sites for hydroxylation is 1. The summed E-state index contributed by atoms with van der Waals surface area (Å²) in [6.07, 6.45) is 2.53. The van der Waals surface area contributed by atoms with E-state index in [0.29, 0.717) is 11.4 Å². The molecule has 0 spiro atoms. The predicted molar refractivity (Wildman–Crippen MR) is 72.5 cm³/mol. The molecule has 0 aliphatic heterocycles. The largest absolute Gasteiger partial charge is 0.383 e. The minimum Gasteiger partial charge on any atom is -0.383 e. The normalized spacial score (nSPS) is 11.9. The fraction of sp³-hybridized carbons (Fsp3) is 0.583. The van der Waals surface area contributed by atoms with Gasteiger partial charge in [-0.15, -0.1) is 0 Å². The van der Waals surface area contributed by atoms with Crippen LogP contribution in [0.1, 0.15) is 37.0 Å². The van der Waals surface area contributed by atoms with E-state index in [1.54, 1.807) is 7.05 Å². The van der Waals surface area contributed by atoms with Crippen molar-refractivity contribution in [1.82, 2.24) is 20.4 Å². The molecule has 7 nitrogen and oxygen atoms in total. The van der Waals surface area contributed by atoms with Gasteiger partial charge in [-0.25, -0.2) is 0 Å². The van der Waals surface area contributed by atoms with Gasteiger partial charge in [0.15, 0.2) is 0 Å².